The average molecular weight is 461 g/mol. The number of nitrogens with zero attached hydrogens (tertiary/aromatic N) is 4. The molecule has 3 aromatic heterocycles. The first-order valence-corrected chi connectivity index (χ1v) is 10.3. The fraction of sp³-hybridized carbons (Fsp3) is 0.222. The summed E-state index contributed by atoms with van der Waals surface area (Å²) in [4.78, 5) is 15.6. The molecule has 3 heterocycles. The number of nitrogens with one attached hydrogen (secondary N) is 2. The Hall–Kier alpha value is -2.49. The molecule has 0 spiro atoms. The van der Waals surface area contributed by atoms with Gasteiger partial charge in [0.25, 0.3) is 0 Å². The standard InChI is InChI=1S/C18H18IN6O/c1-18(2,3)13-8-14(25-26-13)19-11-4-6-12(7-5-11)24-17-15-16(21-9-20-15)22-10-23-17/h4-10H,1-3H3,(H2,20,21,22,23,24)/q-1. The van der Waals surface area contributed by atoms with Crippen LogP contribution >= 0.6 is 0 Å². The third-order valence-corrected chi connectivity index (χ3v) is 6.16. The zero-order valence-corrected chi connectivity index (χ0v) is 16.8. The SMILES string of the molecule is CC(C)(C)c1cc([I-]c2ccc(Nc3ncnc4nc[nH]c34)cc2)no1. The molecule has 8 heteroatoms. The van der Waals surface area contributed by atoms with Gasteiger partial charge in [-0.3, -0.25) is 0 Å². The molecule has 0 saturated heterocycles. The molecule has 134 valence electrons. The number of anilines is 2. The average Bonchev–Trinajstić information content (AvgIpc) is 3.26. The quantitative estimate of drug-likeness (QED) is 0.431. The van der Waals surface area contributed by atoms with Crippen LogP contribution in [0, 0.1) is 7.27 Å². The second-order valence-electron chi connectivity index (χ2n) is 6.81. The van der Waals surface area contributed by atoms with Crippen LogP contribution in [0.25, 0.3) is 11.2 Å². The second-order valence-corrected chi connectivity index (χ2v) is 9.70. The molecule has 0 aliphatic rings. The van der Waals surface area contributed by atoms with E-state index in [1.165, 1.54) is 9.90 Å². The van der Waals surface area contributed by atoms with E-state index in [4.69, 9.17) is 4.52 Å². The Bertz CT molecular complexity index is 1030. The normalized spacial score (nSPS) is 12.0. The topological polar surface area (TPSA) is 92.5 Å². The molecule has 0 radical (unpaired) electrons. The number of aromatic amines is 1. The van der Waals surface area contributed by atoms with Gasteiger partial charge in [0.2, 0.25) is 0 Å². The molecule has 0 saturated carbocycles. The first-order valence-electron chi connectivity index (χ1n) is 8.12. The van der Waals surface area contributed by atoms with Crippen LogP contribution < -0.4 is 26.5 Å². The summed E-state index contributed by atoms with van der Waals surface area (Å²) in [7, 11) is 0. The maximum absolute atomic E-state index is 5.48. The van der Waals surface area contributed by atoms with Gasteiger partial charge >= 0.3 is 161 Å². The molecule has 2 N–H and O–H groups in total. The fourth-order valence-electron chi connectivity index (χ4n) is 2.36. The monoisotopic (exact) mass is 461 g/mol. The van der Waals surface area contributed by atoms with Gasteiger partial charge in [-0.25, -0.2) is 0 Å². The molecule has 7 nitrogen and oxygen atoms in total. The molecule has 0 atom stereocenters. The Morgan fingerprint density at radius 3 is 2.62 bits per heavy atom. The number of halogens is 1. The van der Waals surface area contributed by atoms with E-state index in [1.54, 1.807) is 6.33 Å². The van der Waals surface area contributed by atoms with Gasteiger partial charge in [0.1, 0.15) is 0 Å². The van der Waals surface area contributed by atoms with E-state index >= 15 is 0 Å². The van der Waals surface area contributed by atoms with Crippen molar-refractivity contribution in [3.8, 4) is 0 Å². The number of imidazole rings is 1. The second kappa shape index (κ2) is 6.67. The number of aromatic nitrogens is 5. The van der Waals surface area contributed by atoms with Crippen molar-refractivity contribution >= 4 is 22.7 Å². The van der Waals surface area contributed by atoms with Gasteiger partial charge in [-0.1, -0.05) is 0 Å². The molecule has 4 aromatic rings. The van der Waals surface area contributed by atoms with Crippen molar-refractivity contribution in [1.82, 2.24) is 25.1 Å². The number of hydrogen-bond donors (Lipinski definition) is 2. The van der Waals surface area contributed by atoms with E-state index in [0.717, 1.165) is 20.7 Å². The van der Waals surface area contributed by atoms with Crippen LogP contribution in [0.4, 0.5) is 11.5 Å². The van der Waals surface area contributed by atoms with E-state index in [-0.39, 0.29) is 26.6 Å². The number of H-pyrrole nitrogens is 1. The fourth-order valence-corrected chi connectivity index (χ4v) is 4.35. The Morgan fingerprint density at radius 1 is 1.08 bits per heavy atom. The van der Waals surface area contributed by atoms with Crippen LogP contribution in [0.5, 0.6) is 0 Å². The number of fused-ring (bicyclic) bond motifs is 1. The molecule has 4 rings (SSSR count). The van der Waals surface area contributed by atoms with E-state index in [2.05, 4.69) is 69.4 Å². The van der Waals surface area contributed by atoms with E-state index in [0.29, 0.717) is 11.5 Å². The van der Waals surface area contributed by atoms with Crippen molar-refractivity contribution in [1.29, 1.82) is 0 Å². The van der Waals surface area contributed by atoms with Crippen LogP contribution in [0.15, 0.2) is 47.5 Å². The molecule has 0 bridgehead atoms. The Labute approximate surface area is 160 Å². The van der Waals surface area contributed by atoms with E-state index < -0.39 is 0 Å². The number of benzene rings is 1. The molecule has 0 fully saturated rings. The summed E-state index contributed by atoms with van der Waals surface area (Å²) in [5.41, 5.74) is 2.38. The van der Waals surface area contributed by atoms with Crippen LogP contribution in [0.1, 0.15) is 26.5 Å². The van der Waals surface area contributed by atoms with Crippen LogP contribution in [-0.4, -0.2) is 25.1 Å². The van der Waals surface area contributed by atoms with Gasteiger partial charge in [-0.05, 0) is 0 Å². The number of hydrogen-bond acceptors (Lipinski definition) is 6. The molecule has 1 aromatic carbocycles. The predicted molar refractivity (Wildman–Crippen MR) is 94.0 cm³/mol. The Morgan fingerprint density at radius 2 is 1.88 bits per heavy atom. The third kappa shape index (κ3) is 3.55. The summed E-state index contributed by atoms with van der Waals surface area (Å²) in [6.07, 6.45) is 3.12. The van der Waals surface area contributed by atoms with Crippen molar-refractivity contribution in [3.05, 3.63) is 56.0 Å². The molecule has 0 aliphatic heterocycles. The third-order valence-electron chi connectivity index (χ3n) is 3.76. The summed E-state index contributed by atoms with van der Waals surface area (Å²) in [5, 5.41) is 7.53. The minimum absolute atomic E-state index is 0.0156. The van der Waals surface area contributed by atoms with Gasteiger partial charge in [-0.15, -0.1) is 0 Å². The van der Waals surface area contributed by atoms with Gasteiger partial charge in [0.05, 0.1) is 0 Å². The first-order chi connectivity index (χ1) is 12.5. The van der Waals surface area contributed by atoms with Crippen LogP contribution in [-0.2, 0) is 5.41 Å². The molecule has 0 unspecified atom stereocenters. The first kappa shape index (κ1) is 17.0. The zero-order valence-electron chi connectivity index (χ0n) is 14.6. The summed E-state index contributed by atoms with van der Waals surface area (Å²) in [5.74, 6) is 1.64. The molecule has 0 amide bonds. The summed E-state index contributed by atoms with van der Waals surface area (Å²) >= 11 is -0.368. The van der Waals surface area contributed by atoms with Crippen molar-refractivity contribution in [3.63, 3.8) is 0 Å². The van der Waals surface area contributed by atoms with Crippen molar-refractivity contribution in [2.45, 2.75) is 26.2 Å². The van der Waals surface area contributed by atoms with Crippen molar-refractivity contribution in [2.24, 2.45) is 0 Å². The van der Waals surface area contributed by atoms with E-state index in [9.17, 15) is 0 Å². The van der Waals surface area contributed by atoms with Gasteiger partial charge in [0, 0.05) is 0 Å². The zero-order chi connectivity index (χ0) is 18.1. The number of rotatable bonds is 4. The molecular formula is C18H18IN6O-. The van der Waals surface area contributed by atoms with Crippen molar-refractivity contribution < 1.29 is 25.7 Å². The Balaban J connectivity index is 1.48. The van der Waals surface area contributed by atoms with Crippen LogP contribution in [0.2, 0.25) is 0 Å². The Kier molecular flexibility index (Phi) is 4.35. The van der Waals surface area contributed by atoms with Gasteiger partial charge < -0.3 is 0 Å². The predicted octanol–water partition coefficient (Wildman–Crippen LogP) is 0.510. The summed E-state index contributed by atoms with van der Waals surface area (Å²) in [6.45, 7) is 6.37. The summed E-state index contributed by atoms with van der Waals surface area (Å²) < 4.78 is 7.80. The van der Waals surface area contributed by atoms with Gasteiger partial charge in [-0.2, -0.15) is 0 Å². The van der Waals surface area contributed by atoms with Crippen LogP contribution in [0.3, 0.4) is 0 Å². The van der Waals surface area contributed by atoms with E-state index in [1.807, 2.05) is 12.1 Å². The minimum atomic E-state index is -0.368. The molecule has 0 aliphatic carbocycles. The molecule has 26 heavy (non-hydrogen) atoms. The molecular weight excluding hydrogens is 443 g/mol. The summed E-state index contributed by atoms with van der Waals surface area (Å²) in [6, 6.07) is 10.4. The van der Waals surface area contributed by atoms with Gasteiger partial charge in [0.15, 0.2) is 0 Å². The maximum atomic E-state index is 5.48. The van der Waals surface area contributed by atoms with Crippen molar-refractivity contribution in [2.75, 3.05) is 5.32 Å².